The number of nitrogens with zero attached hydrogens (tertiary/aromatic N) is 1. The standard InChI is InChI=1S/C11H17N3OS/c1-3-9-6-13-11(16-9)7(2)14-10(15)8-4-12-5-8/h6-8,12H,3-5H2,1-2H3,(H,14,15). The van der Waals surface area contributed by atoms with Crippen LogP contribution >= 0.6 is 11.3 Å². The molecule has 1 amide bonds. The summed E-state index contributed by atoms with van der Waals surface area (Å²) in [6.45, 7) is 5.70. The molecule has 0 aromatic carbocycles. The lowest BCUT2D eigenvalue weighted by Crippen LogP contribution is -2.51. The summed E-state index contributed by atoms with van der Waals surface area (Å²) in [4.78, 5) is 17.3. The normalized spacial score (nSPS) is 17.9. The zero-order chi connectivity index (χ0) is 11.5. The third-order valence-corrected chi connectivity index (χ3v) is 4.13. The monoisotopic (exact) mass is 239 g/mol. The minimum absolute atomic E-state index is 0.0263. The van der Waals surface area contributed by atoms with Crippen LogP contribution in [0, 0.1) is 5.92 Å². The lowest BCUT2D eigenvalue weighted by Gasteiger charge is -2.27. The molecule has 0 spiro atoms. The second-order valence-electron chi connectivity index (χ2n) is 4.10. The van der Waals surface area contributed by atoms with Gasteiger partial charge in [0.2, 0.25) is 5.91 Å². The Bertz CT molecular complexity index is 373. The van der Waals surface area contributed by atoms with Gasteiger partial charge in [0.25, 0.3) is 0 Å². The maximum atomic E-state index is 11.7. The molecule has 1 fully saturated rings. The zero-order valence-corrected chi connectivity index (χ0v) is 10.4. The first-order valence-electron chi connectivity index (χ1n) is 5.66. The highest BCUT2D eigenvalue weighted by molar-refractivity contribution is 7.11. The molecule has 1 atom stereocenters. The van der Waals surface area contributed by atoms with Gasteiger partial charge in [0.05, 0.1) is 12.0 Å². The largest absolute Gasteiger partial charge is 0.347 e. The summed E-state index contributed by atoms with van der Waals surface area (Å²) in [6, 6.07) is 0.0263. The predicted molar refractivity (Wildman–Crippen MR) is 64.4 cm³/mol. The van der Waals surface area contributed by atoms with Gasteiger partial charge in [-0.05, 0) is 13.3 Å². The maximum Gasteiger partial charge on any atom is 0.226 e. The Morgan fingerprint density at radius 3 is 3.00 bits per heavy atom. The fraction of sp³-hybridized carbons (Fsp3) is 0.636. The maximum absolute atomic E-state index is 11.7. The van der Waals surface area contributed by atoms with Crippen molar-refractivity contribution in [1.29, 1.82) is 0 Å². The van der Waals surface area contributed by atoms with Gasteiger partial charge in [0.1, 0.15) is 5.01 Å². The Balaban J connectivity index is 1.91. The van der Waals surface area contributed by atoms with E-state index in [0.717, 1.165) is 24.5 Å². The van der Waals surface area contributed by atoms with Gasteiger partial charge in [-0.2, -0.15) is 0 Å². The second-order valence-corrected chi connectivity index (χ2v) is 5.25. The summed E-state index contributed by atoms with van der Waals surface area (Å²) < 4.78 is 0. The van der Waals surface area contributed by atoms with Gasteiger partial charge in [0.15, 0.2) is 0 Å². The number of thiazole rings is 1. The highest BCUT2D eigenvalue weighted by Crippen LogP contribution is 2.20. The summed E-state index contributed by atoms with van der Waals surface area (Å²) in [6.07, 6.45) is 2.90. The molecular weight excluding hydrogens is 222 g/mol. The predicted octanol–water partition coefficient (Wildman–Crippen LogP) is 1.10. The number of rotatable bonds is 4. The van der Waals surface area contributed by atoms with Gasteiger partial charge in [0, 0.05) is 24.2 Å². The van der Waals surface area contributed by atoms with E-state index in [1.54, 1.807) is 11.3 Å². The molecule has 1 saturated heterocycles. The van der Waals surface area contributed by atoms with Crippen LogP contribution in [0.4, 0.5) is 0 Å². The second kappa shape index (κ2) is 4.93. The summed E-state index contributed by atoms with van der Waals surface area (Å²) in [5.41, 5.74) is 0. The molecule has 0 aliphatic carbocycles. The number of hydrogen-bond acceptors (Lipinski definition) is 4. The average molecular weight is 239 g/mol. The fourth-order valence-electron chi connectivity index (χ4n) is 1.55. The van der Waals surface area contributed by atoms with Gasteiger partial charge in [-0.3, -0.25) is 4.79 Å². The van der Waals surface area contributed by atoms with E-state index in [2.05, 4.69) is 22.5 Å². The lowest BCUT2D eigenvalue weighted by atomic mass is 10.0. The Labute approximate surface area is 99.5 Å². The van der Waals surface area contributed by atoms with Crippen molar-refractivity contribution in [1.82, 2.24) is 15.6 Å². The van der Waals surface area contributed by atoms with Gasteiger partial charge in [-0.15, -0.1) is 11.3 Å². The smallest absolute Gasteiger partial charge is 0.226 e. The molecule has 88 valence electrons. The Hall–Kier alpha value is -0.940. The molecule has 16 heavy (non-hydrogen) atoms. The van der Waals surface area contributed by atoms with E-state index in [0.29, 0.717) is 0 Å². The number of amides is 1. The molecular formula is C11H17N3OS. The van der Waals surface area contributed by atoms with E-state index >= 15 is 0 Å². The first kappa shape index (κ1) is 11.5. The number of nitrogens with one attached hydrogen (secondary N) is 2. The van der Waals surface area contributed by atoms with Crippen LogP contribution in [0.5, 0.6) is 0 Å². The topological polar surface area (TPSA) is 54.0 Å². The molecule has 4 nitrogen and oxygen atoms in total. The number of hydrogen-bond donors (Lipinski definition) is 2. The van der Waals surface area contributed by atoms with Crippen LogP contribution in [0.15, 0.2) is 6.20 Å². The fourth-order valence-corrected chi connectivity index (χ4v) is 2.41. The highest BCUT2D eigenvalue weighted by Gasteiger charge is 2.26. The first-order chi connectivity index (χ1) is 7.70. The summed E-state index contributed by atoms with van der Waals surface area (Å²) in [5.74, 6) is 0.285. The van der Waals surface area contributed by atoms with Crippen molar-refractivity contribution in [3.63, 3.8) is 0 Å². The number of aromatic nitrogens is 1. The summed E-state index contributed by atoms with van der Waals surface area (Å²) in [7, 11) is 0. The third-order valence-electron chi connectivity index (χ3n) is 2.80. The minimum atomic E-state index is 0.0263. The Morgan fingerprint density at radius 1 is 1.75 bits per heavy atom. The third kappa shape index (κ3) is 2.41. The number of carbonyl (C=O) groups excluding carboxylic acids is 1. The number of aryl methyl sites for hydroxylation is 1. The van der Waals surface area contributed by atoms with Gasteiger partial charge < -0.3 is 10.6 Å². The van der Waals surface area contributed by atoms with Crippen molar-refractivity contribution in [3.8, 4) is 0 Å². The molecule has 0 radical (unpaired) electrons. The lowest BCUT2D eigenvalue weighted by molar-refractivity contribution is -0.127. The molecule has 1 aromatic heterocycles. The summed E-state index contributed by atoms with van der Waals surface area (Å²) in [5, 5.41) is 7.10. The van der Waals surface area contributed by atoms with Crippen LogP contribution in [0.2, 0.25) is 0 Å². The molecule has 1 aromatic rings. The molecule has 0 bridgehead atoms. The van der Waals surface area contributed by atoms with E-state index in [9.17, 15) is 4.79 Å². The zero-order valence-electron chi connectivity index (χ0n) is 9.62. The SMILES string of the molecule is CCc1cnc(C(C)NC(=O)C2CNC2)s1. The van der Waals surface area contributed by atoms with Crippen molar-refractivity contribution in [3.05, 3.63) is 16.1 Å². The Kier molecular flexibility index (Phi) is 3.56. The van der Waals surface area contributed by atoms with Crippen molar-refractivity contribution in [2.45, 2.75) is 26.3 Å². The molecule has 0 saturated carbocycles. The molecule has 1 aliphatic rings. The van der Waals surface area contributed by atoms with Crippen molar-refractivity contribution in [2.75, 3.05) is 13.1 Å². The molecule has 1 unspecified atom stereocenters. The van der Waals surface area contributed by atoms with E-state index in [1.165, 1.54) is 4.88 Å². The molecule has 2 rings (SSSR count). The first-order valence-corrected chi connectivity index (χ1v) is 6.48. The van der Waals surface area contributed by atoms with Crippen LogP contribution in [0.3, 0.4) is 0 Å². The van der Waals surface area contributed by atoms with E-state index in [4.69, 9.17) is 0 Å². The van der Waals surface area contributed by atoms with Crippen LogP contribution in [0.1, 0.15) is 29.8 Å². The molecule has 2 N–H and O–H groups in total. The van der Waals surface area contributed by atoms with Gasteiger partial charge in [-0.1, -0.05) is 6.92 Å². The molecule has 1 aliphatic heterocycles. The van der Waals surface area contributed by atoms with Crippen LogP contribution in [-0.4, -0.2) is 24.0 Å². The number of carbonyl (C=O) groups is 1. The Morgan fingerprint density at radius 2 is 2.50 bits per heavy atom. The van der Waals surface area contributed by atoms with Crippen LogP contribution in [-0.2, 0) is 11.2 Å². The highest BCUT2D eigenvalue weighted by atomic mass is 32.1. The van der Waals surface area contributed by atoms with E-state index in [1.807, 2.05) is 13.1 Å². The average Bonchev–Trinajstić information content (AvgIpc) is 2.62. The molecule has 5 heteroatoms. The van der Waals surface area contributed by atoms with E-state index in [-0.39, 0.29) is 17.9 Å². The summed E-state index contributed by atoms with van der Waals surface area (Å²) >= 11 is 1.68. The van der Waals surface area contributed by atoms with Crippen LogP contribution < -0.4 is 10.6 Å². The van der Waals surface area contributed by atoms with Gasteiger partial charge >= 0.3 is 0 Å². The van der Waals surface area contributed by atoms with Crippen LogP contribution in [0.25, 0.3) is 0 Å². The molecule has 2 heterocycles. The minimum Gasteiger partial charge on any atom is -0.347 e. The van der Waals surface area contributed by atoms with Crippen molar-refractivity contribution in [2.24, 2.45) is 5.92 Å². The van der Waals surface area contributed by atoms with Gasteiger partial charge in [-0.25, -0.2) is 4.98 Å². The quantitative estimate of drug-likeness (QED) is 0.827. The van der Waals surface area contributed by atoms with E-state index < -0.39 is 0 Å². The van der Waals surface area contributed by atoms with Crippen molar-refractivity contribution < 1.29 is 4.79 Å². The van der Waals surface area contributed by atoms with Crippen molar-refractivity contribution >= 4 is 17.2 Å².